The highest BCUT2D eigenvalue weighted by Crippen LogP contribution is 2.23. The zero-order valence-corrected chi connectivity index (χ0v) is 12.2. The molecule has 0 aliphatic rings. The van der Waals surface area contributed by atoms with Crippen LogP contribution in [0.1, 0.15) is 11.1 Å². The standard InChI is InChI=1S/C14H13BrN2O3/c15-13-7-6-12(14(8-13)17(18)19)9-16-20-10-11-4-2-1-3-5-11/h1-8,16H,9-10H2. The normalized spacial score (nSPS) is 10.4. The molecule has 1 N–H and O–H groups in total. The molecule has 2 rings (SSSR count). The lowest BCUT2D eigenvalue weighted by Crippen LogP contribution is -2.14. The van der Waals surface area contributed by atoms with Gasteiger partial charge in [0.15, 0.2) is 0 Å². The average molecular weight is 337 g/mol. The van der Waals surface area contributed by atoms with Crippen LogP contribution in [0.25, 0.3) is 0 Å². The molecule has 0 unspecified atom stereocenters. The third-order valence-corrected chi connectivity index (χ3v) is 3.18. The lowest BCUT2D eigenvalue weighted by molar-refractivity contribution is -0.385. The third kappa shape index (κ3) is 4.12. The summed E-state index contributed by atoms with van der Waals surface area (Å²) in [5, 5.41) is 10.9. The highest BCUT2D eigenvalue weighted by molar-refractivity contribution is 9.10. The van der Waals surface area contributed by atoms with Crippen LogP contribution < -0.4 is 5.48 Å². The second-order valence-corrected chi connectivity index (χ2v) is 5.04. The number of rotatable bonds is 6. The van der Waals surface area contributed by atoms with Gasteiger partial charge in [0.2, 0.25) is 0 Å². The minimum atomic E-state index is -0.404. The van der Waals surface area contributed by atoms with Crippen LogP contribution in [0.2, 0.25) is 0 Å². The SMILES string of the molecule is O=[N+]([O-])c1cc(Br)ccc1CNOCc1ccccc1. The molecule has 0 aliphatic carbocycles. The second kappa shape index (κ2) is 7.14. The van der Waals surface area contributed by atoms with E-state index >= 15 is 0 Å². The Bertz CT molecular complexity index is 590. The zero-order chi connectivity index (χ0) is 14.4. The van der Waals surface area contributed by atoms with Crippen molar-refractivity contribution in [1.29, 1.82) is 0 Å². The molecule has 2 aromatic rings. The molecule has 0 spiro atoms. The first-order valence-corrected chi connectivity index (χ1v) is 6.77. The number of halogens is 1. The molecule has 2 aromatic carbocycles. The van der Waals surface area contributed by atoms with Crippen LogP contribution in [0.5, 0.6) is 0 Å². The first-order valence-electron chi connectivity index (χ1n) is 5.98. The van der Waals surface area contributed by atoms with Crippen molar-refractivity contribution >= 4 is 21.6 Å². The molecule has 6 heteroatoms. The van der Waals surface area contributed by atoms with Crippen molar-refractivity contribution in [1.82, 2.24) is 5.48 Å². The van der Waals surface area contributed by atoms with Gasteiger partial charge in [-0.2, -0.15) is 5.48 Å². The monoisotopic (exact) mass is 336 g/mol. The van der Waals surface area contributed by atoms with Crippen LogP contribution in [0, 0.1) is 10.1 Å². The second-order valence-electron chi connectivity index (χ2n) is 4.13. The first-order chi connectivity index (χ1) is 9.66. The smallest absolute Gasteiger partial charge is 0.275 e. The van der Waals surface area contributed by atoms with Gasteiger partial charge in [-0.3, -0.25) is 15.0 Å². The van der Waals surface area contributed by atoms with Crippen LogP contribution in [0.3, 0.4) is 0 Å². The van der Waals surface area contributed by atoms with Crippen molar-refractivity contribution in [2.24, 2.45) is 0 Å². The predicted molar refractivity (Wildman–Crippen MR) is 78.9 cm³/mol. The molecular weight excluding hydrogens is 324 g/mol. The summed E-state index contributed by atoms with van der Waals surface area (Å²) >= 11 is 3.22. The molecule has 0 aliphatic heterocycles. The Hall–Kier alpha value is -1.76. The van der Waals surface area contributed by atoms with Gasteiger partial charge in [-0.25, -0.2) is 0 Å². The summed E-state index contributed by atoms with van der Waals surface area (Å²) < 4.78 is 0.679. The molecule has 0 atom stereocenters. The number of hydrogen-bond donors (Lipinski definition) is 1. The zero-order valence-electron chi connectivity index (χ0n) is 10.6. The van der Waals surface area contributed by atoms with E-state index in [4.69, 9.17) is 4.84 Å². The molecule has 20 heavy (non-hydrogen) atoms. The van der Waals surface area contributed by atoms with E-state index in [0.29, 0.717) is 16.6 Å². The van der Waals surface area contributed by atoms with Crippen molar-refractivity contribution in [3.05, 3.63) is 74.2 Å². The summed E-state index contributed by atoms with van der Waals surface area (Å²) in [6, 6.07) is 14.6. The number of nitrogens with zero attached hydrogens (tertiary/aromatic N) is 1. The van der Waals surface area contributed by atoms with Crippen LogP contribution in [0.4, 0.5) is 5.69 Å². The van der Waals surface area contributed by atoms with Crippen LogP contribution in [-0.2, 0) is 18.0 Å². The molecule has 0 saturated carbocycles. The van der Waals surface area contributed by atoms with Crippen molar-refractivity contribution in [2.75, 3.05) is 0 Å². The van der Waals surface area contributed by atoms with Crippen LogP contribution >= 0.6 is 15.9 Å². The Balaban J connectivity index is 1.90. The van der Waals surface area contributed by atoms with E-state index in [1.165, 1.54) is 6.07 Å². The quantitative estimate of drug-likeness (QED) is 0.497. The maximum atomic E-state index is 10.9. The summed E-state index contributed by atoms with van der Waals surface area (Å²) in [4.78, 5) is 15.8. The van der Waals surface area contributed by atoms with E-state index in [9.17, 15) is 10.1 Å². The maximum absolute atomic E-state index is 10.9. The fourth-order valence-electron chi connectivity index (χ4n) is 1.69. The fourth-order valence-corrected chi connectivity index (χ4v) is 2.04. The van der Waals surface area contributed by atoms with E-state index in [-0.39, 0.29) is 12.2 Å². The molecule has 104 valence electrons. The van der Waals surface area contributed by atoms with Crippen LogP contribution in [-0.4, -0.2) is 4.92 Å². The highest BCUT2D eigenvalue weighted by atomic mass is 79.9. The molecule has 0 amide bonds. The Kier molecular flexibility index (Phi) is 5.23. The van der Waals surface area contributed by atoms with Gasteiger partial charge in [0.25, 0.3) is 5.69 Å². The lowest BCUT2D eigenvalue weighted by Gasteiger charge is -2.07. The Labute approximate surface area is 124 Å². The molecule has 0 saturated heterocycles. The average Bonchev–Trinajstić information content (AvgIpc) is 2.45. The molecule has 0 radical (unpaired) electrons. The number of hydrogen-bond acceptors (Lipinski definition) is 4. The largest absolute Gasteiger partial charge is 0.297 e. The summed E-state index contributed by atoms with van der Waals surface area (Å²) in [7, 11) is 0. The van der Waals surface area contributed by atoms with Gasteiger partial charge >= 0.3 is 0 Å². The summed E-state index contributed by atoms with van der Waals surface area (Å²) in [6.07, 6.45) is 0. The van der Waals surface area contributed by atoms with Gasteiger partial charge in [0.1, 0.15) is 0 Å². The molecule has 0 heterocycles. The Morgan fingerprint density at radius 3 is 2.65 bits per heavy atom. The van der Waals surface area contributed by atoms with E-state index in [2.05, 4.69) is 21.4 Å². The molecule has 0 bridgehead atoms. The number of benzene rings is 2. The molecular formula is C14H13BrN2O3. The molecule has 0 fully saturated rings. The van der Waals surface area contributed by atoms with E-state index in [1.807, 2.05) is 30.3 Å². The summed E-state index contributed by atoms with van der Waals surface area (Å²) in [6.45, 7) is 0.682. The van der Waals surface area contributed by atoms with Gasteiger partial charge in [-0.1, -0.05) is 46.3 Å². The third-order valence-electron chi connectivity index (χ3n) is 2.69. The van der Waals surface area contributed by atoms with Crippen molar-refractivity contribution in [3.8, 4) is 0 Å². The molecule has 0 aromatic heterocycles. The minimum absolute atomic E-state index is 0.0650. The number of nitro benzene ring substituents is 1. The topological polar surface area (TPSA) is 64.4 Å². The van der Waals surface area contributed by atoms with Gasteiger partial charge in [0, 0.05) is 16.1 Å². The fraction of sp³-hybridized carbons (Fsp3) is 0.143. The van der Waals surface area contributed by atoms with Gasteiger partial charge in [-0.05, 0) is 17.7 Å². The maximum Gasteiger partial charge on any atom is 0.275 e. The Morgan fingerprint density at radius 2 is 1.95 bits per heavy atom. The summed E-state index contributed by atoms with van der Waals surface area (Å²) in [5.74, 6) is 0. The Morgan fingerprint density at radius 1 is 1.20 bits per heavy atom. The first kappa shape index (κ1) is 14.6. The molecule has 5 nitrogen and oxygen atoms in total. The van der Waals surface area contributed by atoms with Crippen molar-refractivity contribution in [3.63, 3.8) is 0 Å². The van der Waals surface area contributed by atoms with Crippen LogP contribution in [0.15, 0.2) is 53.0 Å². The van der Waals surface area contributed by atoms with E-state index in [1.54, 1.807) is 12.1 Å². The van der Waals surface area contributed by atoms with Gasteiger partial charge in [-0.15, -0.1) is 0 Å². The number of hydroxylamine groups is 1. The van der Waals surface area contributed by atoms with Crippen molar-refractivity contribution in [2.45, 2.75) is 13.2 Å². The van der Waals surface area contributed by atoms with Crippen molar-refractivity contribution < 1.29 is 9.76 Å². The number of nitrogens with one attached hydrogen (secondary N) is 1. The van der Waals surface area contributed by atoms with Gasteiger partial charge in [0.05, 0.1) is 18.1 Å². The van der Waals surface area contributed by atoms with E-state index in [0.717, 1.165) is 5.56 Å². The highest BCUT2D eigenvalue weighted by Gasteiger charge is 2.13. The minimum Gasteiger partial charge on any atom is -0.297 e. The van der Waals surface area contributed by atoms with E-state index < -0.39 is 4.92 Å². The number of nitro groups is 1. The van der Waals surface area contributed by atoms with Gasteiger partial charge < -0.3 is 0 Å². The predicted octanol–water partition coefficient (Wildman–Crippen LogP) is 3.58. The summed E-state index contributed by atoms with van der Waals surface area (Å²) in [5.41, 5.74) is 4.42. The lowest BCUT2D eigenvalue weighted by atomic mass is 10.2.